The minimum absolute atomic E-state index is 0.112. The van der Waals surface area contributed by atoms with Crippen molar-refractivity contribution in [3.8, 4) is 11.1 Å². The van der Waals surface area contributed by atoms with E-state index in [9.17, 15) is 19.1 Å². The Morgan fingerprint density at radius 1 is 0.815 bits per heavy atom. The van der Waals surface area contributed by atoms with Gasteiger partial charge in [0.25, 0.3) is 0 Å². The summed E-state index contributed by atoms with van der Waals surface area (Å²) in [6.45, 7) is 9.35. The number of allylic oxidation sites excluding steroid dienone is 5. The zero-order valence-corrected chi connectivity index (χ0v) is 31.7. The lowest BCUT2D eigenvalue weighted by Gasteiger charge is -2.40. The number of carboxylic acid groups (broad SMARTS) is 1. The van der Waals surface area contributed by atoms with Gasteiger partial charge in [-0.25, -0.2) is 9.18 Å². The molecule has 0 aromatic heterocycles. The zero-order chi connectivity index (χ0) is 37.8. The van der Waals surface area contributed by atoms with Crippen molar-refractivity contribution >= 4 is 56.7 Å². The van der Waals surface area contributed by atoms with Crippen LogP contribution in [-0.2, 0) is 11.2 Å². The third kappa shape index (κ3) is 6.73. The van der Waals surface area contributed by atoms with Gasteiger partial charge in [-0.15, -0.1) is 11.8 Å². The maximum Gasteiger partial charge on any atom is 0.335 e. The predicted octanol–water partition coefficient (Wildman–Crippen LogP) is 13.1. The summed E-state index contributed by atoms with van der Waals surface area (Å²) in [7, 11) is 0. The van der Waals surface area contributed by atoms with Crippen molar-refractivity contribution in [2.24, 2.45) is 5.41 Å². The lowest BCUT2D eigenvalue weighted by Crippen LogP contribution is -2.28. The number of carbonyl (C=O) groups is 2. The molecule has 0 unspecified atom stereocenters. The summed E-state index contributed by atoms with van der Waals surface area (Å²) in [5.41, 5.74) is 9.89. The van der Waals surface area contributed by atoms with Gasteiger partial charge < -0.3 is 5.11 Å². The van der Waals surface area contributed by atoms with Crippen LogP contribution < -0.4 is 0 Å². The lowest BCUT2D eigenvalue weighted by molar-refractivity contribution is 0.0696. The second-order valence-corrected chi connectivity index (χ2v) is 16.9. The number of fused-ring (bicyclic) bond motifs is 5. The Bertz CT molecular complexity index is 2590. The summed E-state index contributed by atoms with van der Waals surface area (Å²) in [5.74, 6) is -0.714. The highest BCUT2D eigenvalue weighted by Crippen LogP contribution is 2.53. The summed E-state index contributed by atoms with van der Waals surface area (Å²) in [6.07, 6.45) is 10.0. The van der Waals surface area contributed by atoms with Crippen LogP contribution in [0.5, 0.6) is 0 Å². The number of benzene rings is 6. The number of ketones is 1. The number of hydrogen-bond acceptors (Lipinski definition) is 3. The van der Waals surface area contributed by atoms with E-state index in [2.05, 4.69) is 76.2 Å². The molecule has 1 N–H and O–H groups in total. The number of halogens is 1. The van der Waals surface area contributed by atoms with E-state index in [1.54, 1.807) is 48.2 Å². The van der Waals surface area contributed by atoms with Gasteiger partial charge in [0.05, 0.1) is 5.56 Å². The molecule has 0 radical (unpaired) electrons. The monoisotopic (exact) mass is 728 g/mol. The van der Waals surface area contributed by atoms with Gasteiger partial charge in [-0.1, -0.05) is 124 Å². The van der Waals surface area contributed by atoms with Crippen molar-refractivity contribution in [2.75, 3.05) is 0 Å². The first-order chi connectivity index (χ1) is 25.9. The number of rotatable bonds is 8. The van der Waals surface area contributed by atoms with Gasteiger partial charge in [-0.2, -0.15) is 0 Å². The van der Waals surface area contributed by atoms with E-state index in [-0.39, 0.29) is 28.0 Å². The molecular weight excluding hydrogens is 688 g/mol. The molecule has 0 bridgehead atoms. The molecule has 0 aliphatic heterocycles. The van der Waals surface area contributed by atoms with Gasteiger partial charge in [0.2, 0.25) is 0 Å². The van der Waals surface area contributed by atoms with Crippen LogP contribution in [0.2, 0.25) is 0 Å². The Labute approximate surface area is 319 Å². The first kappa shape index (κ1) is 35.5. The molecule has 54 heavy (non-hydrogen) atoms. The molecule has 2 aliphatic carbocycles. The summed E-state index contributed by atoms with van der Waals surface area (Å²) < 4.78 is 13.9. The van der Waals surface area contributed by atoms with Crippen LogP contribution in [0.3, 0.4) is 0 Å². The van der Waals surface area contributed by atoms with E-state index >= 15 is 0 Å². The largest absolute Gasteiger partial charge is 0.478 e. The van der Waals surface area contributed by atoms with Crippen LogP contribution in [0, 0.1) is 11.2 Å². The number of thioether (sulfide) groups is 1. The van der Waals surface area contributed by atoms with Crippen molar-refractivity contribution in [3.63, 3.8) is 0 Å². The fraction of sp³-hybridized carbons (Fsp3) is 0.184. The molecule has 0 amide bonds. The van der Waals surface area contributed by atoms with E-state index in [1.807, 2.05) is 36.4 Å². The number of carbonyl (C=O) groups excluding carboxylic acids is 1. The van der Waals surface area contributed by atoms with Crippen LogP contribution in [0.4, 0.5) is 4.39 Å². The number of carboxylic acids is 1. The van der Waals surface area contributed by atoms with Crippen molar-refractivity contribution in [2.45, 2.75) is 56.6 Å². The average molecular weight is 729 g/mol. The van der Waals surface area contributed by atoms with Gasteiger partial charge in [0.1, 0.15) is 5.82 Å². The molecule has 0 heterocycles. The molecule has 0 atom stereocenters. The average Bonchev–Trinajstić information content (AvgIpc) is 3.15. The quantitative estimate of drug-likeness (QED) is 0.0963. The third-order valence-corrected chi connectivity index (χ3v) is 11.9. The Morgan fingerprint density at radius 2 is 1.54 bits per heavy atom. The summed E-state index contributed by atoms with van der Waals surface area (Å²) >= 11 is 1.75. The van der Waals surface area contributed by atoms with Crippen LogP contribution in [-0.4, -0.2) is 16.9 Å². The highest BCUT2D eigenvalue weighted by molar-refractivity contribution is 7.98. The molecule has 2 aliphatic rings. The fourth-order valence-electron chi connectivity index (χ4n) is 8.33. The van der Waals surface area contributed by atoms with Crippen molar-refractivity contribution < 1.29 is 19.1 Å². The minimum Gasteiger partial charge on any atom is -0.478 e. The summed E-state index contributed by atoms with van der Waals surface area (Å²) in [5, 5.41) is 13.5. The molecule has 0 spiro atoms. The first-order valence-electron chi connectivity index (χ1n) is 18.3. The summed E-state index contributed by atoms with van der Waals surface area (Å²) in [4.78, 5) is 26.8. The highest BCUT2D eigenvalue weighted by Gasteiger charge is 2.37. The Hall–Kier alpha value is -5.52. The molecular formula is C49H41FO3S. The van der Waals surface area contributed by atoms with Gasteiger partial charge in [0.15, 0.2) is 5.78 Å². The van der Waals surface area contributed by atoms with Crippen molar-refractivity contribution in [1.82, 2.24) is 0 Å². The van der Waals surface area contributed by atoms with E-state index in [0.717, 1.165) is 56.1 Å². The van der Waals surface area contributed by atoms with E-state index in [0.29, 0.717) is 11.3 Å². The van der Waals surface area contributed by atoms with Crippen molar-refractivity contribution in [1.29, 1.82) is 0 Å². The molecule has 5 heteroatoms. The van der Waals surface area contributed by atoms with E-state index < -0.39 is 5.97 Å². The zero-order valence-electron chi connectivity index (χ0n) is 30.9. The number of aromatic carboxylic acids is 1. The Balaban J connectivity index is 1.30. The first-order valence-corrected chi connectivity index (χ1v) is 19.3. The molecule has 6 aromatic rings. The normalized spacial score (nSPS) is 15.8. The lowest BCUT2D eigenvalue weighted by atomic mass is 9.64. The van der Waals surface area contributed by atoms with Crippen LogP contribution in [0.25, 0.3) is 44.3 Å². The van der Waals surface area contributed by atoms with Gasteiger partial charge in [-0.05, 0) is 127 Å². The number of hydrogen-bond donors (Lipinski definition) is 1. The van der Waals surface area contributed by atoms with Gasteiger partial charge in [-0.3, -0.25) is 4.79 Å². The Morgan fingerprint density at radius 3 is 2.30 bits per heavy atom. The van der Waals surface area contributed by atoms with Crippen molar-refractivity contribution in [3.05, 3.63) is 172 Å². The molecule has 8 rings (SSSR count). The molecule has 0 saturated carbocycles. The van der Waals surface area contributed by atoms with Gasteiger partial charge in [0, 0.05) is 16.2 Å². The topological polar surface area (TPSA) is 54.4 Å². The maximum absolute atomic E-state index is 14.3. The van der Waals surface area contributed by atoms with Crippen LogP contribution >= 0.6 is 11.8 Å². The van der Waals surface area contributed by atoms with Gasteiger partial charge >= 0.3 is 5.97 Å². The maximum atomic E-state index is 14.3. The molecule has 0 fully saturated rings. The molecule has 0 saturated heterocycles. The smallest absolute Gasteiger partial charge is 0.335 e. The fourth-order valence-corrected chi connectivity index (χ4v) is 9.42. The minimum atomic E-state index is -0.992. The molecule has 268 valence electrons. The third-order valence-electron chi connectivity index (χ3n) is 10.8. The van der Waals surface area contributed by atoms with E-state index in [1.165, 1.54) is 39.8 Å². The Kier molecular flexibility index (Phi) is 9.02. The summed E-state index contributed by atoms with van der Waals surface area (Å²) in [6, 6.07) is 34.3. The molecule has 3 nitrogen and oxygen atoms in total. The van der Waals surface area contributed by atoms with E-state index in [4.69, 9.17) is 0 Å². The second kappa shape index (κ2) is 13.7. The molecule has 6 aromatic carbocycles. The highest BCUT2D eigenvalue weighted by atomic mass is 32.2. The van der Waals surface area contributed by atoms with Crippen LogP contribution in [0.1, 0.15) is 83.5 Å². The predicted molar refractivity (Wildman–Crippen MR) is 222 cm³/mol. The second-order valence-electron chi connectivity index (χ2n) is 15.9. The van der Waals surface area contributed by atoms with Crippen LogP contribution in [0.15, 0.2) is 138 Å². The standard InChI is InChI=1S/C49H41FO3S/c1-48(2)24-23-38-36(27-48)28-49(3,4)46-41(38)21-17-34-25-35(26-43(44(34)46)54-29-31-11-18-37(50)19-12-31)40-20-16-32-7-5-6-8-39(32)45(40)42(51)22-13-30-9-14-33(15-10-30)47(52)53/h5-26H,27-29H2,1-4H3,(H,52,53). The SMILES string of the molecule is CC1(C)C=CC2=C(C1)CC(C)(C)c1c2ccc2cc(-c3ccc4ccccc4c3C(=O)C=Cc3ccc(C(=O)O)cc3)cc(SCc3ccc(F)cc3)c12.